The van der Waals surface area contributed by atoms with E-state index < -0.39 is 16.0 Å². The molecule has 6 nitrogen and oxygen atoms in total. The number of hydrogen-bond acceptors (Lipinski definition) is 5. The normalized spacial score (nSPS) is 11.1. The Bertz CT molecular complexity index is 864. The van der Waals surface area contributed by atoms with Crippen molar-refractivity contribution in [2.75, 3.05) is 14.1 Å². The van der Waals surface area contributed by atoms with E-state index in [1.54, 1.807) is 24.3 Å². The van der Waals surface area contributed by atoms with Crippen LogP contribution in [-0.2, 0) is 16.4 Å². The lowest BCUT2D eigenvalue weighted by Crippen LogP contribution is -2.22. The molecule has 2 aromatic rings. The molecule has 0 bridgehead atoms. The van der Waals surface area contributed by atoms with Gasteiger partial charge in [0.25, 0.3) is 0 Å². The van der Waals surface area contributed by atoms with Crippen LogP contribution in [0.3, 0.4) is 0 Å². The summed E-state index contributed by atoms with van der Waals surface area (Å²) >= 11 is 0. The summed E-state index contributed by atoms with van der Waals surface area (Å²) in [6, 6.07) is 14.2. The minimum absolute atomic E-state index is 0.102. The minimum atomic E-state index is -3.53. The number of benzene rings is 2. The number of nitriles is 1. The molecule has 0 aliphatic rings. The van der Waals surface area contributed by atoms with E-state index in [2.05, 4.69) is 0 Å². The molecule has 0 amide bonds. The lowest BCUT2D eigenvalue weighted by Gasteiger charge is -2.11. The zero-order valence-electron chi connectivity index (χ0n) is 13.3. The lowest BCUT2D eigenvalue weighted by atomic mass is 10.1. The highest BCUT2D eigenvalue weighted by molar-refractivity contribution is 7.89. The average molecular weight is 344 g/mol. The summed E-state index contributed by atoms with van der Waals surface area (Å²) in [4.78, 5) is 12.2. The Balaban J connectivity index is 2.12. The summed E-state index contributed by atoms with van der Waals surface area (Å²) in [5.74, 6) is -0.233. The molecule has 124 valence electrons. The van der Waals surface area contributed by atoms with Gasteiger partial charge in [0.05, 0.1) is 22.9 Å². The van der Waals surface area contributed by atoms with Crippen molar-refractivity contribution in [1.29, 1.82) is 5.26 Å². The summed E-state index contributed by atoms with van der Waals surface area (Å²) in [5, 5.41) is 8.62. The van der Waals surface area contributed by atoms with Gasteiger partial charge < -0.3 is 4.74 Å². The molecule has 0 unspecified atom stereocenters. The highest BCUT2D eigenvalue weighted by Crippen LogP contribution is 2.17. The number of nitrogens with zero attached hydrogens (tertiary/aromatic N) is 2. The smallest absolute Gasteiger partial charge is 0.343 e. The predicted molar refractivity (Wildman–Crippen MR) is 88.0 cm³/mol. The molecule has 0 atom stereocenters. The lowest BCUT2D eigenvalue weighted by molar-refractivity contribution is 0.0734. The van der Waals surface area contributed by atoms with Crippen LogP contribution in [0.2, 0.25) is 0 Å². The Morgan fingerprint density at radius 3 is 2.17 bits per heavy atom. The van der Waals surface area contributed by atoms with E-state index in [0.717, 1.165) is 9.87 Å². The van der Waals surface area contributed by atoms with E-state index in [9.17, 15) is 13.2 Å². The van der Waals surface area contributed by atoms with Gasteiger partial charge in [-0.15, -0.1) is 0 Å². The minimum Gasteiger partial charge on any atom is -0.423 e. The fourth-order valence-electron chi connectivity index (χ4n) is 1.91. The van der Waals surface area contributed by atoms with E-state index in [4.69, 9.17) is 10.00 Å². The third-order valence-electron chi connectivity index (χ3n) is 3.29. The molecule has 0 aliphatic carbocycles. The van der Waals surface area contributed by atoms with Crippen LogP contribution in [0.15, 0.2) is 53.4 Å². The van der Waals surface area contributed by atoms with Crippen molar-refractivity contribution in [2.45, 2.75) is 11.3 Å². The molecule has 24 heavy (non-hydrogen) atoms. The van der Waals surface area contributed by atoms with Crippen molar-refractivity contribution in [2.24, 2.45) is 0 Å². The second-order valence-corrected chi connectivity index (χ2v) is 7.33. The number of hydrogen-bond donors (Lipinski definition) is 0. The average Bonchev–Trinajstić information content (AvgIpc) is 2.57. The van der Waals surface area contributed by atoms with Gasteiger partial charge >= 0.3 is 5.97 Å². The molecule has 0 N–H and O–H groups in total. The van der Waals surface area contributed by atoms with Crippen LogP contribution in [0, 0.1) is 11.3 Å². The van der Waals surface area contributed by atoms with E-state index in [1.807, 2.05) is 6.07 Å². The number of carbonyl (C=O) groups excluding carboxylic acids is 1. The van der Waals surface area contributed by atoms with Crippen molar-refractivity contribution in [1.82, 2.24) is 4.31 Å². The molecule has 2 aromatic carbocycles. The molecular weight excluding hydrogens is 328 g/mol. The van der Waals surface area contributed by atoms with Gasteiger partial charge in [-0.2, -0.15) is 5.26 Å². The third kappa shape index (κ3) is 3.98. The Morgan fingerprint density at radius 2 is 1.67 bits per heavy atom. The quantitative estimate of drug-likeness (QED) is 0.613. The predicted octanol–water partition coefficient (Wildman–Crippen LogP) is 2.22. The molecule has 2 rings (SSSR count). The van der Waals surface area contributed by atoms with Gasteiger partial charge in [0, 0.05) is 14.1 Å². The maximum Gasteiger partial charge on any atom is 0.343 e. The largest absolute Gasteiger partial charge is 0.423 e. The van der Waals surface area contributed by atoms with E-state index in [-0.39, 0.29) is 16.9 Å². The standard InChI is InChI=1S/C17H16N2O4S/c1-19(2)24(21,22)16-9-5-14(6-10-16)17(20)23-15-7-3-13(4-8-15)11-12-18/h3-10H,11H2,1-2H3. The van der Waals surface area contributed by atoms with Crippen molar-refractivity contribution in [3.8, 4) is 11.8 Å². The summed E-state index contributed by atoms with van der Waals surface area (Å²) in [5.41, 5.74) is 1.07. The van der Waals surface area contributed by atoms with Crippen LogP contribution in [0.25, 0.3) is 0 Å². The van der Waals surface area contributed by atoms with Gasteiger partial charge in [0.15, 0.2) is 0 Å². The van der Waals surface area contributed by atoms with Crippen LogP contribution < -0.4 is 4.74 Å². The van der Waals surface area contributed by atoms with Crippen LogP contribution >= 0.6 is 0 Å². The van der Waals surface area contributed by atoms with Crippen LogP contribution in [0.5, 0.6) is 5.75 Å². The molecule has 0 saturated carbocycles. The molecule has 0 spiro atoms. The molecule has 0 fully saturated rings. The molecule has 0 heterocycles. The van der Waals surface area contributed by atoms with Gasteiger partial charge in [0.1, 0.15) is 5.75 Å². The first-order valence-corrected chi connectivity index (χ1v) is 8.49. The van der Waals surface area contributed by atoms with Crippen LogP contribution in [-0.4, -0.2) is 32.8 Å². The van der Waals surface area contributed by atoms with Gasteiger partial charge in [-0.1, -0.05) is 12.1 Å². The van der Waals surface area contributed by atoms with E-state index >= 15 is 0 Å². The zero-order chi connectivity index (χ0) is 17.7. The number of carbonyl (C=O) groups is 1. The van der Waals surface area contributed by atoms with Crippen molar-refractivity contribution < 1.29 is 17.9 Å². The summed E-state index contributed by atoms with van der Waals surface area (Å²) < 4.78 is 30.3. The molecular formula is C17H16N2O4S. The molecule has 7 heteroatoms. The third-order valence-corrected chi connectivity index (χ3v) is 5.11. The topological polar surface area (TPSA) is 87.5 Å². The molecule has 0 radical (unpaired) electrons. The maximum atomic E-state index is 12.1. The molecule has 0 saturated heterocycles. The maximum absolute atomic E-state index is 12.1. The first-order valence-electron chi connectivity index (χ1n) is 7.05. The Kier molecular flexibility index (Phi) is 5.34. The Labute approximate surface area is 141 Å². The fraction of sp³-hybridized carbons (Fsp3) is 0.176. The van der Waals surface area contributed by atoms with E-state index in [0.29, 0.717) is 5.75 Å². The summed E-state index contributed by atoms with van der Waals surface area (Å²) in [6.45, 7) is 0. The summed E-state index contributed by atoms with van der Waals surface area (Å²) in [7, 11) is -0.658. The van der Waals surface area contributed by atoms with Gasteiger partial charge in [-0.05, 0) is 42.0 Å². The van der Waals surface area contributed by atoms with Gasteiger partial charge in [-0.3, -0.25) is 0 Å². The van der Waals surface area contributed by atoms with Gasteiger partial charge in [-0.25, -0.2) is 17.5 Å². The van der Waals surface area contributed by atoms with Gasteiger partial charge in [0.2, 0.25) is 10.0 Å². The molecule has 0 aromatic heterocycles. The number of sulfonamides is 1. The van der Waals surface area contributed by atoms with Crippen molar-refractivity contribution in [3.63, 3.8) is 0 Å². The second kappa shape index (κ2) is 7.25. The fourth-order valence-corrected chi connectivity index (χ4v) is 2.81. The Hall–Kier alpha value is -2.69. The number of rotatable bonds is 5. The summed E-state index contributed by atoms with van der Waals surface area (Å²) in [6.07, 6.45) is 0.288. The Morgan fingerprint density at radius 1 is 1.08 bits per heavy atom. The zero-order valence-corrected chi connectivity index (χ0v) is 14.1. The molecule has 0 aliphatic heterocycles. The van der Waals surface area contributed by atoms with Crippen LogP contribution in [0.1, 0.15) is 15.9 Å². The number of esters is 1. The first kappa shape index (κ1) is 17.7. The second-order valence-electron chi connectivity index (χ2n) is 5.18. The van der Waals surface area contributed by atoms with Crippen LogP contribution in [0.4, 0.5) is 0 Å². The highest BCUT2D eigenvalue weighted by atomic mass is 32.2. The van der Waals surface area contributed by atoms with Crippen molar-refractivity contribution in [3.05, 3.63) is 59.7 Å². The monoisotopic (exact) mass is 344 g/mol. The first-order chi connectivity index (χ1) is 11.3. The van der Waals surface area contributed by atoms with E-state index in [1.165, 1.54) is 38.4 Å². The van der Waals surface area contributed by atoms with Crippen molar-refractivity contribution >= 4 is 16.0 Å². The number of ether oxygens (including phenoxy) is 1. The highest BCUT2D eigenvalue weighted by Gasteiger charge is 2.18. The SMILES string of the molecule is CN(C)S(=O)(=O)c1ccc(C(=O)Oc2ccc(CC#N)cc2)cc1.